The number of carbonyl (C=O) groups excluding carboxylic acids is 3. The fourth-order valence-corrected chi connectivity index (χ4v) is 6.35. The molecule has 1 unspecified atom stereocenters. The van der Waals surface area contributed by atoms with Gasteiger partial charge in [0.1, 0.15) is 11.4 Å². The third-order valence-electron chi connectivity index (χ3n) is 8.28. The number of para-hydroxylation sites is 1. The molecule has 50 heavy (non-hydrogen) atoms. The Hall–Kier alpha value is -5.61. The summed E-state index contributed by atoms with van der Waals surface area (Å²) in [7, 11) is 1.78. The van der Waals surface area contributed by atoms with Crippen molar-refractivity contribution in [2.45, 2.75) is 50.2 Å². The van der Waals surface area contributed by atoms with Crippen LogP contribution in [0.3, 0.4) is 0 Å². The molecule has 1 aromatic heterocycles. The summed E-state index contributed by atoms with van der Waals surface area (Å²) in [6.45, 7) is 7.92. The van der Waals surface area contributed by atoms with Crippen LogP contribution in [0.2, 0.25) is 0 Å². The van der Waals surface area contributed by atoms with Crippen molar-refractivity contribution in [1.29, 1.82) is 0 Å². The molecular formula is C40H41N5O4S. The van der Waals surface area contributed by atoms with E-state index in [1.165, 1.54) is 16.4 Å². The molecule has 3 amide bonds. The van der Waals surface area contributed by atoms with Gasteiger partial charge in [-0.1, -0.05) is 87.5 Å². The quantitative estimate of drug-likeness (QED) is 0.0927. The molecule has 0 aliphatic rings. The van der Waals surface area contributed by atoms with Crippen molar-refractivity contribution in [2.75, 3.05) is 10.6 Å². The van der Waals surface area contributed by atoms with E-state index in [2.05, 4.69) is 29.8 Å². The van der Waals surface area contributed by atoms with Crippen LogP contribution in [0.4, 0.5) is 11.4 Å². The number of nitrogens with one attached hydrogen (secondary N) is 3. The Labute approximate surface area is 296 Å². The Kier molecular flexibility index (Phi) is 11.6. The summed E-state index contributed by atoms with van der Waals surface area (Å²) in [6, 6.07) is 33.0. The molecule has 10 heteroatoms. The normalized spacial score (nSPS) is 12.0. The molecule has 0 bridgehead atoms. The second-order valence-electron chi connectivity index (χ2n) is 12.1. The van der Waals surface area contributed by atoms with Gasteiger partial charge in [-0.05, 0) is 78.9 Å². The lowest BCUT2D eigenvalue weighted by molar-refractivity contribution is -0.116. The molecule has 0 aliphatic carbocycles. The summed E-state index contributed by atoms with van der Waals surface area (Å²) in [6.07, 6.45) is 2.15. The smallest absolute Gasteiger partial charge is 0.295 e. The molecule has 4 aromatic carbocycles. The van der Waals surface area contributed by atoms with Crippen molar-refractivity contribution in [1.82, 2.24) is 14.7 Å². The van der Waals surface area contributed by atoms with Crippen molar-refractivity contribution < 1.29 is 14.4 Å². The fourth-order valence-electron chi connectivity index (χ4n) is 5.33. The van der Waals surface area contributed by atoms with Crippen LogP contribution >= 0.6 is 11.8 Å². The summed E-state index contributed by atoms with van der Waals surface area (Å²) in [5, 5.41) is 8.05. The van der Waals surface area contributed by atoms with E-state index in [-0.39, 0.29) is 22.9 Å². The zero-order valence-corrected chi connectivity index (χ0v) is 29.6. The van der Waals surface area contributed by atoms with E-state index in [0.717, 1.165) is 16.0 Å². The van der Waals surface area contributed by atoms with E-state index in [0.29, 0.717) is 35.0 Å². The van der Waals surface area contributed by atoms with Gasteiger partial charge < -0.3 is 16.0 Å². The first-order chi connectivity index (χ1) is 24.0. The molecule has 0 fully saturated rings. The topological polar surface area (TPSA) is 114 Å². The summed E-state index contributed by atoms with van der Waals surface area (Å²) in [5.41, 5.74) is 4.19. The minimum absolute atomic E-state index is 0.0828. The highest BCUT2D eigenvalue weighted by Gasteiger charge is 2.24. The van der Waals surface area contributed by atoms with Crippen LogP contribution in [0.1, 0.15) is 60.3 Å². The number of thioether (sulfide) groups is 1. The van der Waals surface area contributed by atoms with Crippen LogP contribution in [0, 0.1) is 6.92 Å². The first kappa shape index (κ1) is 35.7. The van der Waals surface area contributed by atoms with Gasteiger partial charge in [0.2, 0.25) is 5.91 Å². The van der Waals surface area contributed by atoms with Crippen LogP contribution in [0.5, 0.6) is 0 Å². The van der Waals surface area contributed by atoms with E-state index >= 15 is 0 Å². The molecule has 5 aromatic rings. The van der Waals surface area contributed by atoms with E-state index in [1.54, 1.807) is 67.2 Å². The summed E-state index contributed by atoms with van der Waals surface area (Å²) in [4.78, 5) is 54.4. The third kappa shape index (κ3) is 8.51. The Bertz CT molecular complexity index is 2070. The number of hydrogen-bond donors (Lipinski definition) is 3. The number of aromatic nitrogens is 2. The second-order valence-corrected chi connectivity index (χ2v) is 13.4. The summed E-state index contributed by atoms with van der Waals surface area (Å²) < 4.78 is 3.25. The fraction of sp³-hybridized carbons (Fsp3) is 0.200. The van der Waals surface area contributed by atoms with Crippen LogP contribution in [-0.4, -0.2) is 32.3 Å². The Morgan fingerprint density at radius 3 is 2.14 bits per heavy atom. The Morgan fingerprint density at radius 2 is 1.50 bits per heavy atom. The van der Waals surface area contributed by atoms with Crippen LogP contribution in [-0.2, 0) is 16.6 Å². The zero-order valence-electron chi connectivity index (χ0n) is 28.8. The highest BCUT2D eigenvalue weighted by Crippen LogP contribution is 2.29. The number of anilines is 2. The lowest BCUT2D eigenvalue weighted by atomic mass is 10.0. The Morgan fingerprint density at radius 1 is 0.840 bits per heavy atom. The van der Waals surface area contributed by atoms with E-state index in [1.807, 2.05) is 73.7 Å². The van der Waals surface area contributed by atoms with Crippen molar-refractivity contribution in [3.63, 3.8) is 0 Å². The van der Waals surface area contributed by atoms with E-state index in [9.17, 15) is 19.2 Å². The van der Waals surface area contributed by atoms with Gasteiger partial charge in [-0.15, -0.1) is 11.8 Å². The number of amides is 3. The molecule has 1 atom stereocenters. The van der Waals surface area contributed by atoms with Gasteiger partial charge in [-0.2, -0.15) is 0 Å². The molecule has 0 spiro atoms. The summed E-state index contributed by atoms with van der Waals surface area (Å²) in [5.74, 6) is -0.843. The van der Waals surface area contributed by atoms with Crippen molar-refractivity contribution >= 4 is 46.9 Å². The number of rotatable bonds is 12. The van der Waals surface area contributed by atoms with Gasteiger partial charge in [-0.3, -0.25) is 23.9 Å². The van der Waals surface area contributed by atoms with Crippen LogP contribution in [0.25, 0.3) is 11.8 Å². The minimum atomic E-state index is -0.514. The molecule has 3 N–H and O–H groups in total. The van der Waals surface area contributed by atoms with Crippen molar-refractivity contribution in [2.24, 2.45) is 7.05 Å². The highest BCUT2D eigenvalue weighted by atomic mass is 32.2. The maximum atomic E-state index is 13.7. The average molecular weight is 688 g/mol. The third-order valence-corrected chi connectivity index (χ3v) is 9.64. The largest absolute Gasteiger partial charge is 0.321 e. The standard InChI is InChI=1S/C40H41N5O4S/c1-6-35(39(48)43-36-27(4)44(5)45(40(36)49)32-17-11-8-12-18-32)50-33-19-13-16-31(25-33)41-38(47)34(42-37(46)30-14-9-7-10-15-30)24-28-20-22-29(23-21-28)26(2)3/h7-26,35H,6H2,1-5H3,(H,41,47)(H,42,46)(H,43,48)/b34-24+. The van der Waals surface area contributed by atoms with E-state index in [4.69, 9.17) is 0 Å². The first-order valence-corrected chi connectivity index (χ1v) is 17.3. The molecule has 0 radical (unpaired) electrons. The van der Waals surface area contributed by atoms with E-state index < -0.39 is 17.1 Å². The number of carbonyl (C=O) groups is 3. The van der Waals surface area contributed by atoms with Gasteiger partial charge >= 0.3 is 0 Å². The number of nitrogens with zero attached hydrogens (tertiary/aromatic N) is 2. The highest BCUT2D eigenvalue weighted by molar-refractivity contribution is 8.00. The van der Waals surface area contributed by atoms with Crippen molar-refractivity contribution in [3.05, 3.63) is 148 Å². The molecule has 0 aliphatic heterocycles. The maximum Gasteiger partial charge on any atom is 0.295 e. The predicted octanol–water partition coefficient (Wildman–Crippen LogP) is 7.53. The molecule has 0 saturated carbocycles. The first-order valence-electron chi connectivity index (χ1n) is 16.5. The number of benzene rings is 4. The average Bonchev–Trinajstić information content (AvgIpc) is 3.33. The SMILES string of the molecule is CCC(Sc1cccc(NC(=O)/C(=C\c2ccc(C(C)C)cc2)NC(=O)c2ccccc2)c1)C(=O)Nc1c(C)n(C)n(-c2ccccc2)c1=O. The van der Waals surface area contributed by atoms with Gasteiger partial charge in [0, 0.05) is 23.2 Å². The molecule has 256 valence electrons. The Balaban J connectivity index is 1.33. The monoisotopic (exact) mass is 687 g/mol. The van der Waals surface area contributed by atoms with Gasteiger partial charge in [0.15, 0.2) is 0 Å². The number of hydrogen-bond acceptors (Lipinski definition) is 5. The van der Waals surface area contributed by atoms with Gasteiger partial charge in [0.25, 0.3) is 17.4 Å². The predicted molar refractivity (Wildman–Crippen MR) is 202 cm³/mol. The van der Waals surface area contributed by atoms with Gasteiger partial charge in [0.05, 0.1) is 16.6 Å². The maximum absolute atomic E-state index is 13.7. The van der Waals surface area contributed by atoms with Crippen LogP contribution in [0.15, 0.2) is 125 Å². The molecule has 1 heterocycles. The van der Waals surface area contributed by atoms with Crippen LogP contribution < -0.4 is 21.5 Å². The summed E-state index contributed by atoms with van der Waals surface area (Å²) >= 11 is 1.34. The van der Waals surface area contributed by atoms with Crippen molar-refractivity contribution in [3.8, 4) is 5.69 Å². The zero-order chi connectivity index (χ0) is 35.8. The molecule has 5 rings (SSSR count). The second kappa shape index (κ2) is 16.2. The molecule has 9 nitrogen and oxygen atoms in total. The lowest BCUT2D eigenvalue weighted by Crippen LogP contribution is -2.30. The minimum Gasteiger partial charge on any atom is -0.321 e. The van der Waals surface area contributed by atoms with Gasteiger partial charge in [-0.25, -0.2) is 4.68 Å². The molecule has 0 saturated heterocycles. The lowest BCUT2D eigenvalue weighted by Gasteiger charge is -2.15. The molecular weight excluding hydrogens is 647 g/mol.